The molecule has 0 aromatic heterocycles. The Morgan fingerprint density at radius 1 is 1.17 bits per heavy atom. The van der Waals surface area contributed by atoms with E-state index in [4.69, 9.17) is 0 Å². The van der Waals surface area contributed by atoms with Crippen molar-refractivity contribution in [3.63, 3.8) is 0 Å². The Morgan fingerprint density at radius 2 is 1.96 bits per heavy atom. The monoisotopic (exact) mass is 340 g/mol. The molecule has 1 N–H and O–H groups in total. The number of anilines is 2. The van der Waals surface area contributed by atoms with Gasteiger partial charge in [0.05, 0.1) is 5.75 Å². The standard InChI is InChI=1S/C19H20N2O2S/c1-12-7-8-17(9-13(12)2)21-18(23)11-24-19(21)15-5-4-6-16(10-15)20-14(3)22/h4-10,19H,11H2,1-3H3,(H,20,22)/t19-/m0/s1. The predicted molar refractivity (Wildman–Crippen MR) is 99.3 cm³/mol. The topological polar surface area (TPSA) is 49.4 Å². The summed E-state index contributed by atoms with van der Waals surface area (Å²) >= 11 is 1.61. The summed E-state index contributed by atoms with van der Waals surface area (Å²) < 4.78 is 0. The zero-order valence-corrected chi connectivity index (χ0v) is 14.8. The first kappa shape index (κ1) is 16.6. The van der Waals surface area contributed by atoms with Crippen molar-refractivity contribution >= 4 is 35.0 Å². The summed E-state index contributed by atoms with van der Waals surface area (Å²) in [7, 11) is 0. The normalized spacial score (nSPS) is 17.2. The van der Waals surface area contributed by atoms with Crippen LogP contribution in [-0.2, 0) is 9.59 Å². The molecule has 1 atom stereocenters. The van der Waals surface area contributed by atoms with Crippen LogP contribution < -0.4 is 10.2 Å². The van der Waals surface area contributed by atoms with Crippen LogP contribution in [0.4, 0.5) is 11.4 Å². The molecular weight excluding hydrogens is 320 g/mol. The van der Waals surface area contributed by atoms with E-state index in [-0.39, 0.29) is 17.2 Å². The van der Waals surface area contributed by atoms with Crippen molar-refractivity contribution in [1.29, 1.82) is 0 Å². The van der Waals surface area contributed by atoms with Crippen molar-refractivity contribution < 1.29 is 9.59 Å². The van der Waals surface area contributed by atoms with Crippen LogP contribution in [0.5, 0.6) is 0 Å². The predicted octanol–water partition coefficient (Wildman–Crippen LogP) is 4.04. The van der Waals surface area contributed by atoms with Gasteiger partial charge < -0.3 is 5.32 Å². The molecule has 4 nitrogen and oxygen atoms in total. The zero-order valence-electron chi connectivity index (χ0n) is 14.0. The summed E-state index contributed by atoms with van der Waals surface area (Å²) in [5.74, 6) is 0.466. The molecule has 0 unspecified atom stereocenters. The molecule has 1 heterocycles. The number of hydrogen-bond acceptors (Lipinski definition) is 3. The number of rotatable bonds is 3. The lowest BCUT2D eigenvalue weighted by Crippen LogP contribution is -2.28. The van der Waals surface area contributed by atoms with Gasteiger partial charge in [-0.05, 0) is 54.8 Å². The van der Waals surface area contributed by atoms with Gasteiger partial charge in [-0.3, -0.25) is 14.5 Å². The third-order valence-electron chi connectivity index (χ3n) is 4.13. The van der Waals surface area contributed by atoms with Gasteiger partial charge in [-0.25, -0.2) is 0 Å². The third-order valence-corrected chi connectivity index (χ3v) is 5.34. The van der Waals surface area contributed by atoms with Gasteiger partial charge in [-0.15, -0.1) is 11.8 Å². The number of nitrogens with zero attached hydrogens (tertiary/aromatic N) is 1. The minimum atomic E-state index is -0.103. The molecule has 2 aromatic rings. The molecule has 5 heteroatoms. The van der Waals surface area contributed by atoms with Crippen LogP contribution >= 0.6 is 11.8 Å². The van der Waals surface area contributed by atoms with Crippen LogP contribution in [0.2, 0.25) is 0 Å². The summed E-state index contributed by atoms with van der Waals surface area (Å²) in [4.78, 5) is 25.6. The zero-order chi connectivity index (χ0) is 17.3. The second-order valence-electron chi connectivity index (χ2n) is 6.00. The Kier molecular flexibility index (Phi) is 4.62. The Hall–Kier alpha value is -2.27. The van der Waals surface area contributed by atoms with E-state index in [1.54, 1.807) is 11.8 Å². The quantitative estimate of drug-likeness (QED) is 0.917. The highest BCUT2D eigenvalue weighted by molar-refractivity contribution is 8.00. The van der Waals surface area contributed by atoms with E-state index in [9.17, 15) is 9.59 Å². The molecule has 2 amide bonds. The average molecular weight is 340 g/mol. The highest BCUT2D eigenvalue weighted by Gasteiger charge is 2.34. The van der Waals surface area contributed by atoms with E-state index in [0.29, 0.717) is 5.75 Å². The maximum atomic E-state index is 12.5. The molecule has 2 aromatic carbocycles. The first-order valence-electron chi connectivity index (χ1n) is 7.84. The fraction of sp³-hybridized carbons (Fsp3) is 0.263. The van der Waals surface area contributed by atoms with Gasteiger partial charge >= 0.3 is 0 Å². The number of aryl methyl sites for hydroxylation is 2. The van der Waals surface area contributed by atoms with Crippen molar-refractivity contribution in [1.82, 2.24) is 0 Å². The van der Waals surface area contributed by atoms with Crippen LogP contribution in [-0.4, -0.2) is 17.6 Å². The molecule has 1 saturated heterocycles. The Balaban J connectivity index is 1.96. The maximum absolute atomic E-state index is 12.5. The van der Waals surface area contributed by atoms with E-state index in [1.165, 1.54) is 18.1 Å². The lowest BCUT2D eigenvalue weighted by Gasteiger charge is -2.25. The molecule has 0 radical (unpaired) electrons. The molecule has 0 spiro atoms. The Bertz CT molecular complexity index is 804. The molecule has 1 fully saturated rings. The van der Waals surface area contributed by atoms with Crippen LogP contribution in [0, 0.1) is 13.8 Å². The van der Waals surface area contributed by atoms with Gasteiger partial charge in [0.1, 0.15) is 5.37 Å². The minimum absolute atomic E-state index is 0.0756. The summed E-state index contributed by atoms with van der Waals surface area (Å²) in [6, 6.07) is 13.8. The Morgan fingerprint density at radius 3 is 2.67 bits per heavy atom. The average Bonchev–Trinajstić information content (AvgIpc) is 2.91. The van der Waals surface area contributed by atoms with E-state index < -0.39 is 0 Å². The summed E-state index contributed by atoms with van der Waals surface area (Å²) in [5, 5.41) is 2.72. The highest BCUT2D eigenvalue weighted by Crippen LogP contribution is 2.42. The number of carbonyl (C=O) groups excluding carboxylic acids is 2. The molecular formula is C19H20N2O2S. The molecule has 0 saturated carbocycles. The van der Waals surface area contributed by atoms with Gasteiger partial charge in [0.25, 0.3) is 0 Å². The smallest absolute Gasteiger partial charge is 0.238 e. The number of carbonyl (C=O) groups is 2. The van der Waals surface area contributed by atoms with Crippen LogP contribution in [0.3, 0.4) is 0 Å². The van der Waals surface area contributed by atoms with Gasteiger partial charge in [0, 0.05) is 18.3 Å². The molecule has 0 bridgehead atoms. The van der Waals surface area contributed by atoms with Crippen molar-refractivity contribution in [3.05, 3.63) is 59.2 Å². The van der Waals surface area contributed by atoms with Crippen LogP contribution in [0.15, 0.2) is 42.5 Å². The lowest BCUT2D eigenvalue weighted by atomic mass is 10.1. The van der Waals surface area contributed by atoms with Gasteiger partial charge in [0.15, 0.2) is 0 Å². The second-order valence-corrected chi connectivity index (χ2v) is 7.07. The SMILES string of the molecule is CC(=O)Nc1cccc([C@@H]2SCC(=O)N2c2ccc(C)c(C)c2)c1. The fourth-order valence-electron chi connectivity index (χ4n) is 2.80. The van der Waals surface area contributed by atoms with Crippen molar-refractivity contribution in [3.8, 4) is 0 Å². The summed E-state index contributed by atoms with van der Waals surface area (Å²) in [6.07, 6.45) is 0. The van der Waals surface area contributed by atoms with Crippen molar-refractivity contribution in [2.75, 3.05) is 16.0 Å². The number of hydrogen-bond donors (Lipinski definition) is 1. The van der Waals surface area contributed by atoms with Crippen LogP contribution in [0.1, 0.15) is 29.0 Å². The second kappa shape index (κ2) is 6.69. The fourth-order valence-corrected chi connectivity index (χ4v) is 3.97. The number of thioether (sulfide) groups is 1. The molecule has 1 aliphatic heterocycles. The molecule has 24 heavy (non-hydrogen) atoms. The van der Waals surface area contributed by atoms with Gasteiger partial charge in [-0.2, -0.15) is 0 Å². The Labute approximate surface area is 146 Å². The third kappa shape index (κ3) is 3.31. The van der Waals surface area contributed by atoms with Crippen LogP contribution in [0.25, 0.3) is 0 Å². The minimum Gasteiger partial charge on any atom is -0.326 e. The van der Waals surface area contributed by atoms with Crippen molar-refractivity contribution in [2.45, 2.75) is 26.1 Å². The lowest BCUT2D eigenvalue weighted by molar-refractivity contribution is -0.116. The molecule has 1 aliphatic rings. The summed E-state index contributed by atoms with van der Waals surface area (Å²) in [5.41, 5.74) is 5.06. The first-order valence-corrected chi connectivity index (χ1v) is 8.89. The van der Waals surface area contributed by atoms with E-state index in [0.717, 1.165) is 16.9 Å². The first-order chi connectivity index (χ1) is 11.5. The molecule has 3 rings (SSSR count). The van der Waals surface area contributed by atoms with E-state index in [2.05, 4.69) is 25.2 Å². The number of nitrogens with one attached hydrogen (secondary N) is 1. The van der Waals surface area contributed by atoms with Gasteiger partial charge in [0.2, 0.25) is 11.8 Å². The van der Waals surface area contributed by atoms with Crippen molar-refractivity contribution in [2.24, 2.45) is 0 Å². The highest BCUT2D eigenvalue weighted by atomic mass is 32.2. The number of amides is 2. The molecule has 124 valence electrons. The largest absolute Gasteiger partial charge is 0.326 e. The summed E-state index contributed by atoms with van der Waals surface area (Å²) in [6.45, 7) is 5.61. The van der Waals surface area contributed by atoms with E-state index in [1.807, 2.05) is 41.3 Å². The van der Waals surface area contributed by atoms with Gasteiger partial charge in [-0.1, -0.05) is 18.2 Å². The number of benzene rings is 2. The maximum Gasteiger partial charge on any atom is 0.238 e. The van der Waals surface area contributed by atoms with E-state index >= 15 is 0 Å². The molecule has 0 aliphatic carbocycles.